The summed E-state index contributed by atoms with van der Waals surface area (Å²) in [5.41, 5.74) is 1.37. The smallest absolute Gasteiger partial charge is 0.0492 e. The molecule has 1 aromatic rings. The van der Waals surface area contributed by atoms with Crippen LogP contribution in [-0.4, -0.2) is 22.4 Å². The Morgan fingerprint density at radius 3 is 2.94 bits per heavy atom. The first-order chi connectivity index (χ1) is 8.31. The Morgan fingerprint density at radius 2 is 2.24 bits per heavy atom. The predicted octanol–water partition coefficient (Wildman–Crippen LogP) is 2.52. The van der Waals surface area contributed by atoms with E-state index in [0.29, 0.717) is 0 Å². The molecule has 17 heavy (non-hydrogen) atoms. The fourth-order valence-corrected chi connectivity index (χ4v) is 3.06. The lowest BCUT2D eigenvalue weighted by molar-refractivity contribution is 0.251. The van der Waals surface area contributed by atoms with Crippen LogP contribution in [0.1, 0.15) is 44.7 Å². The molecule has 0 saturated heterocycles. The molecule has 1 aliphatic carbocycles. The van der Waals surface area contributed by atoms with E-state index in [0.717, 1.165) is 18.5 Å². The highest BCUT2D eigenvalue weighted by molar-refractivity contribution is 5.00. The second-order valence-electron chi connectivity index (χ2n) is 5.19. The van der Waals surface area contributed by atoms with E-state index in [1.54, 1.807) is 0 Å². The van der Waals surface area contributed by atoms with Crippen LogP contribution >= 0.6 is 0 Å². The van der Waals surface area contributed by atoms with E-state index in [4.69, 9.17) is 0 Å². The van der Waals surface area contributed by atoms with E-state index >= 15 is 0 Å². The molecular weight excluding hydrogens is 210 g/mol. The molecule has 1 aliphatic rings. The summed E-state index contributed by atoms with van der Waals surface area (Å²) < 4.78 is 2.01. The van der Waals surface area contributed by atoms with Gasteiger partial charge in [-0.15, -0.1) is 0 Å². The zero-order chi connectivity index (χ0) is 12.1. The number of aromatic nitrogens is 2. The van der Waals surface area contributed by atoms with E-state index in [-0.39, 0.29) is 0 Å². The minimum absolute atomic E-state index is 0.752. The van der Waals surface area contributed by atoms with Gasteiger partial charge in [0.25, 0.3) is 0 Å². The first-order valence-electron chi connectivity index (χ1n) is 7.01. The molecule has 0 bridgehead atoms. The van der Waals surface area contributed by atoms with Crippen molar-refractivity contribution in [3.05, 3.63) is 18.0 Å². The Balaban J connectivity index is 1.86. The van der Waals surface area contributed by atoms with E-state index in [1.807, 2.05) is 17.9 Å². The van der Waals surface area contributed by atoms with Gasteiger partial charge in [0, 0.05) is 25.0 Å². The first-order valence-corrected chi connectivity index (χ1v) is 7.01. The molecular formula is C14H25N3. The van der Waals surface area contributed by atoms with Gasteiger partial charge in [-0.3, -0.25) is 4.68 Å². The highest BCUT2D eigenvalue weighted by atomic mass is 15.2. The average molecular weight is 235 g/mol. The third-order valence-electron chi connectivity index (χ3n) is 4.07. The van der Waals surface area contributed by atoms with E-state index in [2.05, 4.69) is 23.4 Å². The van der Waals surface area contributed by atoms with Crippen LogP contribution in [0.15, 0.2) is 12.3 Å². The molecule has 1 fully saturated rings. The lowest BCUT2D eigenvalue weighted by Crippen LogP contribution is -2.38. The standard InChI is InChI=1S/C14H25N3/c1-3-15-14-7-5-4-6-12(14)8-9-13-10-11-16-17(13)2/h10-12,14-15H,3-9H2,1-2H3. The molecule has 1 N–H and O–H groups in total. The minimum Gasteiger partial charge on any atom is -0.314 e. The van der Waals surface area contributed by atoms with Gasteiger partial charge in [-0.05, 0) is 44.2 Å². The molecule has 1 heterocycles. The Labute approximate surface area is 105 Å². The summed E-state index contributed by atoms with van der Waals surface area (Å²) in [4.78, 5) is 0. The summed E-state index contributed by atoms with van der Waals surface area (Å²) in [5.74, 6) is 0.860. The van der Waals surface area contributed by atoms with E-state index in [1.165, 1.54) is 44.2 Å². The topological polar surface area (TPSA) is 29.9 Å². The second kappa shape index (κ2) is 6.20. The molecule has 0 radical (unpaired) electrons. The predicted molar refractivity (Wildman–Crippen MR) is 71.0 cm³/mol. The third kappa shape index (κ3) is 3.32. The molecule has 0 aromatic carbocycles. The number of nitrogens with zero attached hydrogens (tertiary/aromatic N) is 2. The lowest BCUT2D eigenvalue weighted by Gasteiger charge is -2.32. The molecule has 0 amide bonds. The normalized spacial score (nSPS) is 25.1. The molecule has 1 aromatic heterocycles. The zero-order valence-electron chi connectivity index (χ0n) is 11.2. The van der Waals surface area contributed by atoms with Gasteiger partial charge in [-0.1, -0.05) is 19.8 Å². The summed E-state index contributed by atoms with van der Waals surface area (Å²) in [5, 5.41) is 7.89. The van der Waals surface area contributed by atoms with Gasteiger partial charge in [-0.2, -0.15) is 5.10 Å². The SMILES string of the molecule is CCNC1CCCCC1CCc1ccnn1C. The van der Waals surface area contributed by atoms with Crippen molar-refractivity contribution < 1.29 is 0 Å². The Morgan fingerprint density at radius 1 is 1.41 bits per heavy atom. The quantitative estimate of drug-likeness (QED) is 0.850. The van der Waals surface area contributed by atoms with Crippen molar-refractivity contribution in [3.63, 3.8) is 0 Å². The maximum Gasteiger partial charge on any atom is 0.0492 e. The fourth-order valence-electron chi connectivity index (χ4n) is 3.06. The van der Waals surface area contributed by atoms with Gasteiger partial charge >= 0.3 is 0 Å². The van der Waals surface area contributed by atoms with Crippen LogP contribution in [-0.2, 0) is 13.5 Å². The van der Waals surface area contributed by atoms with E-state index < -0.39 is 0 Å². The van der Waals surface area contributed by atoms with Gasteiger partial charge in [0.1, 0.15) is 0 Å². The number of hydrogen-bond donors (Lipinski definition) is 1. The molecule has 2 rings (SSSR count). The van der Waals surface area contributed by atoms with Gasteiger partial charge in [0.2, 0.25) is 0 Å². The molecule has 3 nitrogen and oxygen atoms in total. The largest absolute Gasteiger partial charge is 0.314 e. The minimum atomic E-state index is 0.752. The zero-order valence-corrected chi connectivity index (χ0v) is 11.2. The summed E-state index contributed by atoms with van der Waals surface area (Å²) in [6, 6.07) is 2.90. The van der Waals surface area contributed by atoms with Crippen LogP contribution in [0.25, 0.3) is 0 Å². The number of hydrogen-bond acceptors (Lipinski definition) is 2. The molecule has 1 saturated carbocycles. The van der Waals surface area contributed by atoms with Crippen LogP contribution in [0.4, 0.5) is 0 Å². The molecule has 3 heteroatoms. The maximum absolute atomic E-state index is 4.24. The highest BCUT2D eigenvalue weighted by Crippen LogP contribution is 2.28. The van der Waals surface area contributed by atoms with E-state index in [9.17, 15) is 0 Å². The first kappa shape index (κ1) is 12.6. The van der Waals surface area contributed by atoms with Crippen molar-refractivity contribution >= 4 is 0 Å². The van der Waals surface area contributed by atoms with Gasteiger partial charge in [0.05, 0.1) is 0 Å². The van der Waals surface area contributed by atoms with Crippen molar-refractivity contribution in [1.82, 2.24) is 15.1 Å². The molecule has 0 spiro atoms. The third-order valence-corrected chi connectivity index (χ3v) is 4.07. The van der Waals surface area contributed by atoms with Crippen LogP contribution in [0, 0.1) is 5.92 Å². The van der Waals surface area contributed by atoms with Crippen LogP contribution in [0.3, 0.4) is 0 Å². The Kier molecular flexibility index (Phi) is 4.60. The van der Waals surface area contributed by atoms with Crippen molar-refractivity contribution in [1.29, 1.82) is 0 Å². The van der Waals surface area contributed by atoms with Gasteiger partial charge < -0.3 is 5.32 Å². The Hall–Kier alpha value is -0.830. The van der Waals surface area contributed by atoms with Crippen LogP contribution < -0.4 is 5.32 Å². The molecule has 0 aliphatic heterocycles. The highest BCUT2D eigenvalue weighted by Gasteiger charge is 2.23. The maximum atomic E-state index is 4.24. The van der Waals surface area contributed by atoms with Gasteiger partial charge in [0.15, 0.2) is 0 Å². The fraction of sp³-hybridized carbons (Fsp3) is 0.786. The second-order valence-corrected chi connectivity index (χ2v) is 5.19. The summed E-state index contributed by atoms with van der Waals surface area (Å²) in [7, 11) is 2.04. The summed E-state index contributed by atoms with van der Waals surface area (Å²) >= 11 is 0. The van der Waals surface area contributed by atoms with Crippen molar-refractivity contribution in [2.45, 2.75) is 51.5 Å². The number of nitrogens with one attached hydrogen (secondary N) is 1. The summed E-state index contributed by atoms with van der Waals surface area (Å²) in [6.07, 6.45) is 9.95. The Bertz CT molecular complexity index is 330. The van der Waals surface area contributed by atoms with Crippen LogP contribution in [0.2, 0.25) is 0 Å². The average Bonchev–Trinajstić information content (AvgIpc) is 2.74. The number of aryl methyl sites for hydroxylation is 2. The van der Waals surface area contributed by atoms with Gasteiger partial charge in [-0.25, -0.2) is 0 Å². The molecule has 2 unspecified atom stereocenters. The molecule has 2 atom stereocenters. The van der Waals surface area contributed by atoms with Crippen molar-refractivity contribution in [2.24, 2.45) is 13.0 Å². The van der Waals surface area contributed by atoms with Crippen molar-refractivity contribution in [2.75, 3.05) is 6.54 Å². The lowest BCUT2D eigenvalue weighted by atomic mass is 9.81. The van der Waals surface area contributed by atoms with Crippen molar-refractivity contribution in [3.8, 4) is 0 Å². The number of rotatable bonds is 5. The van der Waals surface area contributed by atoms with Crippen LogP contribution in [0.5, 0.6) is 0 Å². The molecule has 96 valence electrons. The monoisotopic (exact) mass is 235 g/mol. The summed E-state index contributed by atoms with van der Waals surface area (Å²) in [6.45, 7) is 3.32.